The van der Waals surface area contributed by atoms with Crippen molar-refractivity contribution in [2.24, 2.45) is 5.92 Å². The van der Waals surface area contributed by atoms with Gasteiger partial charge in [0.1, 0.15) is 11.5 Å². The minimum atomic E-state index is -3.58. The van der Waals surface area contributed by atoms with E-state index in [0.717, 1.165) is 25.7 Å². The fourth-order valence-corrected chi connectivity index (χ4v) is 3.92. The van der Waals surface area contributed by atoms with Gasteiger partial charge in [-0.1, -0.05) is 12.1 Å². The first-order valence-electron chi connectivity index (χ1n) is 7.73. The van der Waals surface area contributed by atoms with E-state index in [2.05, 4.69) is 17.1 Å². The summed E-state index contributed by atoms with van der Waals surface area (Å²) in [5.41, 5.74) is 0. The zero-order valence-corrected chi connectivity index (χ0v) is 13.5. The predicted molar refractivity (Wildman–Crippen MR) is 78.7 cm³/mol. The Morgan fingerprint density at radius 2 is 2.14 bits per heavy atom. The first-order valence-corrected chi connectivity index (χ1v) is 9.56. The number of piperidine rings is 1. The van der Waals surface area contributed by atoms with E-state index < -0.39 is 15.6 Å². The molecule has 122 valence electrons. The fraction of sp³-hybridized carbons (Fsp3) is 0.786. The monoisotopic (exact) mass is 327 g/mol. The van der Waals surface area contributed by atoms with Gasteiger partial charge in [-0.2, -0.15) is 4.98 Å². The molecule has 3 rings (SSSR count). The average molecular weight is 327 g/mol. The summed E-state index contributed by atoms with van der Waals surface area (Å²) in [4.78, 5) is 17.9. The van der Waals surface area contributed by atoms with Crippen LogP contribution >= 0.6 is 0 Å². The maximum absolute atomic E-state index is 12.2. The molecule has 1 aliphatic heterocycles. The Bertz CT molecular complexity index is 651. The number of sulfone groups is 1. The van der Waals surface area contributed by atoms with E-state index in [-0.39, 0.29) is 17.6 Å². The maximum Gasteiger partial charge on any atom is 0.241 e. The lowest BCUT2D eigenvalue weighted by atomic mass is 10.0. The molecule has 7 nitrogen and oxygen atoms in total. The van der Waals surface area contributed by atoms with E-state index in [1.807, 2.05) is 0 Å². The van der Waals surface area contributed by atoms with Crippen LogP contribution in [-0.2, 0) is 20.4 Å². The van der Waals surface area contributed by atoms with Crippen molar-refractivity contribution in [3.05, 3.63) is 11.7 Å². The molecule has 1 saturated heterocycles. The molecule has 0 spiro atoms. The first-order chi connectivity index (χ1) is 10.4. The third-order valence-electron chi connectivity index (χ3n) is 4.12. The Labute approximate surface area is 130 Å². The number of carbonyl (C=O) groups excluding carboxylic acids is 1. The van der Waals surface area contributed by atoms with E-state index >= 15 is 0 Å². The van der Waals surface area contributed by atoms with Crippen LogP contribution in [-0.4, -0.2) is 48.2 Å². The van der Waals surface area contributed by atoms with E-state index in [1.165, 1.54) is 0 Å². The zero-order valence-electron chi connectivity index (χ0n) is 12.7. The molecular formula is C14H21N3O4S. The van der Waals surface area contributed by atoms with Crippen LogP contribution in [0.2, 0.25) is 0 Å². The van der Waals surface area contributed by atoms with E-state index in [4.69, 9.17) is 4.52 Å². The van der Waals surface area contributed by atoms with E-state index in [9.17, 15) is 13.2 Å². The number of aromatic nitrogens is 2. The molecule has 0 N–H and O–H groups in total. The molecule has 2 aliphatic rings. The average Bonchev–Trinajstić information content (AvgIpc) is 3.19. The number of hydrogen-bond donors (Lipinski definition) is 0. The predicted octanol–water partition coefficient (Wildman–Crippen LogP) is 1.12. The van der Waals surface area contributed by atoms with Gasteiger partial charge in [-0.15, -0.1) is 0 Å². The van der Waals surface area contributed by atoms with E-state index in [0.29, 0.717) is 30.7 Å². The summed E-state index contributed by atoms with van der Waals surface area (Å²) in [6.07, 6.45) is 4.07. The molecule has 1 aromatic rings. The SMILES string of the molecule is C[C@H]1CCCN(C(=O)CS(=O)(=O)Cc2nc(C3CC3)no2)C1. The molecule has 1 atom stereocenters. The molecule has 0 bridgehead atoms. The summed E-state index contributed by atoms with van der Waals surface area (Å²) >= 11 is 0. The molecule has 0 aromatic carbocycles. The molecule has 2 fully saturated rings. The molecule has 0 unspecified atom stereocenters. The molecule has 0 radical (unpaired) electrons. The Hall–Kier alpha value is -1.44. The largest absolute Gasteiger partial charge is 0.342 e. The smallest absolute Gasteiger partial charge is 0.241 e. The van der Waals surface area contributed by atoms with Gasteiger partial charge in [0, 0.05) is 19.0 Å². The maximum atomic E-state index is 12.2. The van der Waals surface area contributed by atoms with Gasteiger partial charge in [-0.3, -0.25) is 4.79 Å². The Kier molecular flexibility index (Phi) is 4.20. The summed E-state index contributed by atoms with van der Waals surface area (Å²) < 4.78 is 29.3. The third-order valence-corrected chi connectivity index (χ3v) is 5.50. The van der Waals surface area contributed by atoms with Crippen LogP contribution in [0.5, 0.6) is 0 Å². The van der Waals surface area contributed by atoms with Gasteiger partial charge in [-0.25, -0.2) is 8.42 Å². The Balaban J connectivity index is 1.58. The van der Waals surface area contributed by atoms with Crippen molar-refractivity contribution >= 4 is 15.7 Å². The van der Waals surface area contributed by atoms with Gasteiger partial charge in [0.2, 0.25) is 11.8 Å². The molecule has 1 saturated carbocycles. The standard InChI is InChI=1S/C14H21N3O4S/c1-10-3-2-6-17(7-10)13(18)9-22(19,20)8-12-15-14(16-21-12)11-4-5-11/h10-11H,2-9H2,1H3/t10-/m0/s1. The van der Waals surface area contributed by atoms with Crippen molar-refractivity contribution in [3.8, 4) is 0 Å². The van der Waals surface area contributed by atoms with Crippen molar-refractivity contribution in [1.29, 1.82) is 0 Å². The number of amides is 1. The lowest BCUT2D eigenvalue weighted by Gasteiger charge is -2.30. The third kappa shape index (κ3) is 3.85. The normalized spacial score (nSPS) is 22.8. The number of nitrogens with zero attached hydrogens (tertiary/aromatic N) is 3. The van der Waals surface area contributed by atoms with E-state index in [1.54, 1.807) is 4.90 Å². The van der Waals surface area contributed by atoms with Crippen LogP contribution in [0.15, 0.2) is 4.52 Å². The van der Waals surface area contributed by atoms with Crippen molar-refractivity contribution in [2.45, 2.75) is 44.3 Å². The summed E-state index contributed by atoms with van der Waals surface area (Å²) in [5.74, 6) is 0.244. The van der Waals surface area contributed by atoms with Crippen LogP contribution in [0.4, 0.5) is 0 Å². The quantitative estimate of drug-likeness (QED) is 0.804. The van der Waals surface area contributed by atoms with Gasteiger partial charge < -0.3 is 9.42 Å². The van der Waals surface area contributed by atoms with Gasteiger partial charge in [0.25, 0.3) is 0 Å². The van der Waals surface area contributed by atoms with Gasteiger partial charge in [0.15, 0.2) is 15.7 Å². The van der Waals surface area contributed by atoms with Crippen molar-refractivity contribution in [3.63, 3.8) is 0 Å². The first kappa shape index (κ1) is 15.5. The van der Waals surface area contributed by atoms with Crippen LogP contribution in [0.1, 0.15) is 50.2 Å². The molecule has 2 heterocycles. The molecule has 22 heavy (non-hydrogen) atoms. The molecule has 1 aromatic heterocycles. The van der Waals surface area contributed by atoms with Gasteiger partial charge in [-0.05, 0) is 31.6 Å². The highest BCUT2D eigenvalue weighted by Gasteiger charge is 2.31. The second-order valence-corrected chi connectivity index (χ2v) is 8.50. The topological polar surface area (TPSA) is 93.4 Å². The van der Waals surface area contributed by atoms with Crippen LogP contribution in [0, 0.1) is 5.92 Å². The highest BCUT2D eigenvalue weighted by atomic mass is 32.2. The van der Waals surface area contributed by atoms with Gasteiger partial charge >= 0.3 is 0 Å². The van der Waals surface area contributed by atoms with Crippen molar-refractivity contribution in [2.75, 3.05) is 18.8 Å². The summed E-state index contributed by atoms with van der Waals surface area (Å²) in [6, 6.07) is 0. The molecule has 8 heteroatoms. The minimum absolute atomic E-state index is 0.0849. The Morgan fingerprint density at radius 3 is 2.82 bits per heavy atom. The highest BCUT2D eigenvalue weighted by molar-refractivity contribution is 7.91. The summed E-state index contributed by atoms with van der Waals surface area (Å²) in [7, 11) is -3.58. The fourth-order valence-electron chi connectivity index (χ4n) is 2.77. The molecular weight excluding hydrogens is 306 g/mol. The zero-order chi connectivity index (χ0) is 15.7. The lowest BCUT2D eigenvalue weighted by Crippen LogP contribution is -2.42. The minimum Gasteiger partial charge on any atom is -0.342 e. The van der Waals surface area contributed by atoms with Crippen molar-refractivity contribution < 1.29 is 17.7 Å². The Morgan fingerprint density at radius 1 is 1.36 bits per heavy atom. The number of likely N-dealkylation sites (tertiary alicyclic amines) is 1. The molecule has 1 amide bonds. The van der Waals surface area contributed by atoms with Crippen LogP contribution in [0.25, 0.3) is 0 Å². The lowest BCUT2D eigenvalue weighted by molar-refractivity contribution is -0.130. The number of carbonyl (C=O) groups is 1. The number of rotatable bonds is 5. The van der Waals surface area contributed by atoms with Crippen LogP contribution in [0.3, 0.4) is 0 Å². The summed E-state index contributed by atoms with van der Waals surface area (Å²) in [5, 5.41) is 3.80. The van der Waals surface area contributed by atoms with Crippen LogP contribution < -0.4 is 0 Å². The second-order valence-electron chi connectivity index (χ2n) is 6.44. The summed E-state index contributed by atoms with van der Waals surface area (Å²) in [6.45, 7) is 3.36. The molecule has 1 aliphatic carbocycles. The van der Waals surface area contributed by atoms with Gasteiger partial charge in [0.05, 0.1) is 0 Å². The highest BCUT2D eigenvalue weighted by Crippen LogP contribution is 2.38. The second kappa shape index (κ2) is 5.98. The number of hydrogen-bond acceptors (Lipinski definition) is 6. The van der Waals surface area contributed by atoms with Crippen molar-refractivity contribution in [1.82, 2.24) is 15.0 Å².